The van der Waals surface area contributed by atoms with Crippen LogP contribution in [0.4, 0.5) is 5.69 Å². The van der Waals surface area contributed by atoms with Crippen LogP contribution in [0.1, 0.15) is 44.1 Å². The van der Waals surface area contributed by atoms with Crippen molar-refractivity contribution in [1.29, 1.82) is 0 Å². The number of anilines is 1. The molecule has 93 valence electrons. The molecule has 1 radical (unpaired) electrons. The summed E-state index contributed by atoms with van der Waals surface area (Å²) in [5.74, 6) is 1.61. The van der Waals surface area contributed by atoms with E-state index in [4.69, 9.17) is 0 Å². The molecule has 18 heavy (non-hydrogen) atoms. The molecule has 0 saturated heterocycles. The fourth-order valence-electron chi connectivity index (χ4n) is 2.82. The normalized spacial score (nSPS) is 20.3. The van der Waals surface area contributed by atoms with Gasteiger partial charge in [-0.1, -0.05) is 56.0 Å². The minimum absolute atomic E-state index is 1.23. The Labute approximate surface area is 110 Å². The number of rotatable bonds is 1. The van der Waals surface area contributed by atoms with Crippen LogP contribution in [0, 0.1) is 5.92 Å². The van der Waals surface area contributed by atoms with Crippen molar-refractivity contribution in [2.75, 3.05) is 5.32 Å². The summed E-state index contributed by atoms with van der Waals surface area (Å²) >= 11 is 0. The van der Waals surface area contributed by atoms with Gasteiger partial charge >= 0.3 is 0 Å². The molecule has 0 bridgehead atoms. The summed E-state index contributed by atoms with van der Waals surface area (Å²) in [5.41, 5.74) is 3.84. The number of benzene rings is 1. The van der Waals surface area contributed by atoms with E-state index in [-0.39, 0.29) is 0 Å². The molecule has 1 aromatic carbocycles. The molecule has 1 heterocycles. The van der Waals surface area contributed by atoms with Crippen molar-refractivity contribution >= 4 is 11.8 Å². The van der Waals surface area contributed by atoms with E-state index in [2.05, 4.69) is 47.8 Å². The van der Waals surface area contributed by atoms with Crippen molar-refractivity contribution < 1.29 is 0 Å². The van der Waals surface area contributed by atoms with E-state index in [1.807, 2.05) is 0 Å². The molecule has 0 spiro atoms. The Balaban J connectivity index is 1.82. The Hall–Kier alpha value is -1.50. The van der Waals surface area contributed by atoms with Gasteiger partial charge < -0.3 is 5.32 Å². The van der Waals surface area contributed by atoms with Gasteiger partial charge in [-0.2, -0.15) is 0 Å². The van der Waals surface area contributed by atoms with Crippen LogP contribution < -0.4 is 5.32 Å². The van der Waals surface area contributed by atoms with Crippen LogP contribution >= 0.6 is 0 Å². The third-order valence-corrected chi connectivity index (χ3v) is 3.86. The van der Waals surface area contributed by atoms with Crippen LogP contribution in [0.3, 0.4) is 0 Å². The van der Waals surface area contributed by atoms with Crippen LogP contribution in [0.25, 0.3) is 6.08 Å². The van der Waals surface area contributed by atoms with Crippen molar-refractivity contribution in [2.24, 2.45) is 0 Å². The molecular formula is C17H20N. The van der Waals surface area contributed by atoms with Crippen LogP contribution in [0.15, 0.2) is 42.1 Å². The first-order chi connectivity index (χ1) is 8.93. The molecule has 1 aliphatic carbocycles. The Morgan fingerprint density at radius 3 is 2.50 bits per heavy atom. The molecule has 0 aromatic heterocycles. The van der Waals surface area contributed by atoms with Gasteiger partial charge in [-0.25, -0.2) is 0 Å². The van der Waals surface area contributed by atoms with Crippen LogP contribution in [-0.4, -0.2) is 0 Å². The van der Waals surface area contributed by atoms with Gasteiger partial charge in [0.05, 0.1) is 0 Å². The zero-order chi connectivity index (χ0) is 12.2. The largest absolute Gasteiger partial charge is 0.358 e. The summed E-state index contributed by atoms with van der Waals surface area (Å²) < 4.78 is 0. The van der Waals surface area contributed by atoms with E-state index >= 15 is 0 Å². The van der Waals surface area contributed by atoms with Gasteiger partial charge in [-0.3, -0.25) is 0 Å². The maximum absolute atomic E-state index is 3.62. The van der Waals surface area contributed by atoms with Crippen molar-refractivity contribution in [3.8, 4) is 0 Å². The molecule has 1 fully saturated rings. The topological polar surface area (TPSA) is 12.0 Å². The molecular weight excluding hydrogens is 218 g/mol. The summed E-state index contributed by atoms with van der Waals surface area (Å²) in [6, 6.07) is 8.51. The molecule has 1 heteroatoms. The molecule has 1 aliphatic heterocycles. The molecule has 2 aliphatic rings. The number of nitrogens with one attached hydrogen (secondary N) is 1. The van der Waals surface area contributed by atoms with E-state index in [1.54, 1.807) is 5.92 Å². The fraction of sp³-hybridized carbons (Fsp3) is 0.353. The molecule has 1 saturated carbocycles. The minimum Gasteiger partial charge on any atom is -0.358 e. The molecule has 0 atom stereocenters. The number of para-hydroxylation sites is 1. The van der Waals surface area contributed by atoms with E-state index in [1.165, 1.54) is 55.5 Å². The van der Waals surface area contributed by atoms with Gasteiger partial charge in [0.25, 0.3) is 0 Å². The van der Waals surface area contributed by atoms with Crippen molar-refractivity contribution in [3.05, 3.63) is 53.6 Å². The van der Waals surface area contributed by atoms with E-state index in [0.717, 1.165) is 0 Å². The van der Waals surface area contributed by atoms with Gasteiger partial charge in [-0.05, 0) is 30.5 Å². The average Bonchev–Trinajstić information content (AvgIpc) is 2.79. The van der Waals surface area contributed by atoms with Gasteiger partial charge in [0, 0.05) is 17.3 Å². The first-order valence-corrected chi connectivity index (χ1v) is 7.03. The zero-order valence-electron chi connectivity index (χ0n) is 10.8. The first-order valence-electron chi connectivity index (χ1n) is 7.03. The van der Waals surface area contributed by atoms with E-state index in [9.17, 15) is 0 Å². The van der Waals surface area contributed by atoms with Crippen LogP contribution in [-0.2, 0) is 0 Å². The van der Waals surface area contributed by atoms with E-state index < -0.39 is 0 Å². The number of hydrogen-bond acceptors (Lipinski definition) is 1. The summed E-state index contributed by atoms with van der Waals surface area (Å²) in [6.45, 7) is 0. The third-order valence-electron chi connectivity index (χ3n) is 3.86. The van der Waals surface area contributed by atoms with Gasteiger partial charge in [0.2, 0.25) is 0 Å². The molecule has 1 aromatic rings. The van der Waals surface area contributed by atoms with Crippen molar-refractivity contribution in [1.82, 2.24) is 0 Å². The fourth-order valence-corrected chi connectivity index (χ4v) is 2.82. The average molecular weight is 238 g/mol. The van der Waals surface area contributed by atoms with E-state index in [0.29, 0.717) is 0 Å². The van der Waals surface area contributed by atoms with Crippen molar-refractivity contribution in [2.45, 2.75) is 38.5 Å². The first kappa shape index (κ1) is 11.6. The highest BCUT2D eigenvalue weighted by Gasteiger charge is 2.18. The minimum atomic E-state index is 1.23. The smallest absolute Gasteiger partial charge is 0.0455 e. The van der Waals surface area contributed by atoms with Crippen molar-refractivity contribution in [3.63, 3.8) is 0 Å². The molecule has 3 rings (SSSR count). The Morgan fingerprint density at radius 2 is 1.67 bits per heavy atom. The van der Waals surface area contributed by atoms with Gasteiger partial charge in [-0.15, -0.1) is 0 Å². The standard InChI is InChI=1S/C17H20N/c1-2-4-9-14(8-3-1)17-13-7-11-15-10-5-6-12-16(15)18-17/h5-7,10-13,18H,1-4,8-9H2. The summed E-state index contributed by atoms with van der Waals surface area (Å²) in [7, 11) is 0. The quantitative estimate of drug-likeness (QED) is 0.683. The highest BCUT2D eigenvalue weighted by molar-refractivity contribution is 5.72. The maximum Gasteiger partial charge on any atom is 0.0455 e. The lowest BCUT2D eigenvalue weighted by Gasteiger charge is -2.19. The Morgan fingerprint density at radius 1 is 0.889 bits per heavy atom. The van der Waals surface area contributed by atoms with Gasteiger partial charge in [0.1, 0.15) is 0 Å². The molecule has 1 N–H and O–H groups in total. The second-order valence-corrected chi connectivity index (χ2v) is 5.17. The highest BCUT2D eigenvalue weighted by atomic mass is 14.9. The lowest BCUT2D eigenvalue weighted by molar-refractivity contribution is 0.702. The summed E-state index contributed by atoms with van der Waals surface area (Å²) in [6.07, 6.45) is 14.6. The monoisotopic (exact) mass is 238 g/mol. The maximum atomic E-state index is 3.62. The summed E-state index contributed by atoms with van der Waals surface area (Å²) in [4.78, 5) is 0. The second kappa shape index (κ2) is 5.43. The van der Waals surface area contributed by atoms with Crippen LogP contribution in [0.5, 0.6) is 0 Å². The predicted molar refractivity (Wildman–Crippen MR) is 78.1 cm³/mol. The predicted octanol–water partition coefficient (Wildman–Crippen LogP) is 4.94. The number of allylic oxidation sites excluding steroid dienone is 3. The molecule has 0 unspecified atom stereocenters. The highest BCUT2D eigenvalue weighted by Crippen LogP contribution is 2.33. The SMILES string of the molecule is C1=Cc2ccccc2NC([C]2CCCCCC2)=C1. The number of hydrogen-bond donors (Lipinski definition) is 1. The lowest BCUT2D eigenvalue weighted by Crippen LogP contribution is -2.09. The molecule has 1 nitrogen and oxygen atoms in total. The Kier molecular flexibility index (Phi) is 3.49. The lowest BCUT2D eigenvalue weighted by atomic mass is 9.96. The van der Waals surface area contributed by atoms with Gasteiger partial charge in [0.15, 0.2) is 0 Å². The third kappa shape index (κ3) is 2.50. The summed E-state index contributed by atoms with van der Waals surface area (Å²) in [5, 5.41) is 3.62. The Bertz CT molecular complexity index is 462. The number of fused-ring (bicyclic) bond motifs is 1. The molecule has 0 amide bonds. The second-order valence-electron chi connectivity index (χ2n) is 5.17. The van der Waals surface area contributed by atoms with Crippen LogP contribution in [0.2, 0.25) is 0 Å². The zero-order valence-corrected chi connectivity index (χ0v) is 10.8.